The zero-order valence-corrected chi connectivity index (χ0v) is 18.3. The lowest BCUT2D eigenvalue weighted by Gasteiger charge is -2.21. The van der Waals surface area contributed by atoms with Crippen LogP contribution in [0.25, 0.3) is 0 Å². The van der Waals surface area contributed by atoms with Gasteiger partial charge in [-0.25, -0.2) is 0 Å². The number of nitrogens with one attached hydrogen (secondary N) is 1. The molecule has 1 aromatic rings. The van der Waals surface area contributed by atoms with Crippen molar-refractivity contribution in [1.29, 1.82) is 0 Å². The molecule has 6 nitrogen and oxygen atoms in total. The maximum Gasteiger partial charge on any atom is 0.419 e. The summed E-state index contributed by atoms with van der Waals surface area (Å²) < 4.78 is 49.0. The Labute approximate surface area is 179 Å². The van der Waals surface area contributed by atoms with E-state index in [9.17, 15) is 18.0 Å². The Morgan fingerprint density at radius 3 is 2.61 bits per heavy atom. The SMILES string of the molecule is CN=C(NCCOc1ccccc1C(F)(F)F)N1CC(C)C(C(=O)OC)C1.I. The second-order valence-corrected chi connectivity index (χ2v) is 6.33. The molecule has 0 aliphatic carbocycles. The van der Waals surface area contributed by atoms with E-state index in [0.29, 0.717) is 19.0 Å². The molecule has 1 saturated heterocycles. The summed E-state index contributed by atoms with van der Waals surface area (Å²) in [6, 6.07) is 5.10. The fraction of sp³-hybridized carbons (Fsp3) is 0.556. The number of aliphatic imine (C=N–C) groups is 1. The van der Waals surface area contributed by atoms with Gasteiger partial charge in [0, 0.05) is 20.1 Å². The number of rotatable bonds is 5. The van der Waals surface area contributed by atoms with Crippen LogP contribution >= 0.6 is 24.0 Å². The van der Waals surface area contributed by atoms with Gasteiger partial charge in [0.2, 0.25) is 0 Å². The first-order valence-electron chi connectivity index (χ1n) is 8.60. The molecule has 0 saturated carbocycles. The molecule has 1 fully saturated rings. The third-order valence-corrected chi connectivity index (χ3v) is 4.46. The maximum atomic E-state index is 13.0. The average Bonchev–Trinajstić information content (AvgIpc) is 3.02. The second kappa shape index (κ2) is 10.7. The van der Waals surface area contributed by atoms with E-state index in [1.807, 2.05) is 11.8 Å². The molecule has 10 heteroatoms. The van der Waals surface area contributed by atoms with Gasteiger partial charge in [-0.05, 0) is 18.1 Å². The molecule has 1 aromatic carbocycles. The zero-order chi connectivity index (χ0) is 20.0. The lowest BCUT2D eigenvalue weighted by Crippen LogP contribution is -2.42. The number of carbonyl (C=O) groups excluding carboxylic acids is 1. The Morgan fingerprint density at radius 1 is 1.32 bits per heavy atom. The zero-order valence-electron chi connectivity index (χ0n) is 16.0. The molecule has 1 aliphatic heterocycles. The molecule has 2 atom stereocenters. The van der Waals surface area contributed by atoms with Crippen molar-refractivity contribution in [2.45, 2.75) is 13.1 Å². The van der Waals surface area contributed by atoms with Crippen molar-refractivity contribution in [3.05, 3.63) is 29.8 Å². The van der Waals surface area contributed by atoms with Gasteiger partial charge in [-0.1, -0.05) is 19.1 Å². The van der Waals surface area contributed by atoms with E-state index in [4.69, 9.17) is 9.47 Å². The van der Waals surface area contributed by atoms with Crippen LogP contribution in [0.15, 0.2) is 29.3 Å². The number of likely N-dealkylation sites (tertiary alicyclic amines) is 1. The minimum Gasteiger partial charge on any atom is -0.491 e. The van der Waals surface area contributed by atoms with E-state index in [2.05, 4.69) is 10.3 Å². The van der Waals surface area contributed by atoms with Crippen molar-refractivity contribution < 1.29 is 27.4 Å². The molecule has 158 valence electrons. The van der Waals surface area contributed by atoms with Crippen LogP contribution in [0.5, 0.6) is 5.75 Å². The van der Waals surface area contributed by atoms with Gasteiger partial charge in [0.05, 0.1) is 25.1 Å². The van der Waals surface area contributed by atoms with Crippen LogP contribution in [0.4, 0.5) is 13.2 Å². The number of para-hydroxylation sites is 1. The molecule has 1 N–H and O–H groups in total. The summed E-state index contributed by atoms with van der Waals surface area (Å²) in [5.74, 6) is -0.00906. The lowest BCUT2D eigenvalue weighted by molar-refractivity contribution is -0.146. The summed E-state index contributed by atoms with van der Waals surface area (Å²) in [5, 5.41) is 3.06. The van der Waals surface area contributed by atoms with Gasteiger partial charge in [-0.2, -0.15) is 13.2 Å². The first-order valence-corrected chi connectivity index (χ1v) is 8.60. The summed E-state index contributed by atoms with van der Waals surface area (Å²) >= 11 is 0. The Hall–Kier alpha value is -1.72. The molecule has 2 rings (SSSR count). The molecule has 0 spiro atoms. The van der Waals surface area contributed by atoms with Crippen molar-refractivity contribution >= 4 is 35.9 Å². The molecule has 0 amide bonds. The molecule has 0 aromatic heterocycles. The van der Waals surface area contributed by atoms with E-state index in [1.165, 1.54) is 25.3 Å². The molecule has 1 heterocycles. The van der Waals surface area contributed by atoms with Crippen molar-refractivity contribution in [1.82, 2.24) is 10.2 Å². The second-order valence-electron chi connectivity index (χ2n) is 6.33. The normalized spacial score (nSPS) is 19.8. The Kier molecular flexibility index (Phi) is 9.31. The van der Waals surface area contributed by atoms with Gasteiger partial charge in [-0.15, -0.1) is 24.0 Å². The summed E-state index contributed by atoms with van der Waals surface area (Å²) in [4.78, 5) is 17.9. The van der Waals surface area contributed by atoms with Crippen LogP contribution < -0.4 is 10.1 Å². The quantitative estimate of drug-likeness (QED) is 0.215. The Morgan fingerprint density at radius 2 is 2.00 bits per heavy atom. The molecule has 1 aliphatic rings. The highest BCUT2D eigenvalue weighted by Gasteiger charge is 2.37. The predicted octanol–water partition coefficient (Wildman–Crippen LogP) is 3.02. The standard InChI is InChI=1S/C18H24F3N3O3.HI/c1-12-10-24(11-13(12)16(25)26-3)17(22-2)23-8-9-27-15-7-5-4-6-14(15)18(19,20)21;/h4-7,12-13H,8-11H2,1-3H3,(H,22,23);1H. The van der Waals surface area contributed by atoms with E-state index in [-0.39, 0.29) is 60.7 Å². The summed E-state index contributed by atoms with van der Waals surface area (Å²) in [6.07, 6.45) is -4.46. The molecule has 0 radical (unpaired) electrons. The summed E-state index contributed by atoms with van der Waals surface area (Å²) in [7, 11) is 2.97. The number of halogens is 4. The third kappa shape index (κ3) is 6.14. The number of ether oxygens (including phenoxy) is 2. The Bertz CT molecular complexity index is 686. The highest BCUT2D eigenvalue weighted by Crippen LogP contribution is 2.35. The fourth-order valence-corrected chi connectivity index (χ4v) is 3.08. The van der Waals surface area contributed by atoms with Gasteiger partial charge in [0.15, 0.2) is 5.96 Å². The van der Waals surface area contributed by atoms with E-state index >= 15 is 0 Å². The van der Waals surface area contributed by atoms with Crippen molar-refractivity contribution in [2.75, 3.05) is 40.4 Å². The minimum absolute atomic E-state index is 0. The first-order chi connectivity index (χ1) is 12.8. The van der Waals surface area contributed by atoms with Crippen LogP contribution in [-0.2, 0) is 15.7 Å². The van der Waals surface area contributed by atoms with Crippen LogP contribution in [0.3, 0.4) is 0 Å². The molecule has 2 unspecified atom stereocenters. The van der Waals surface area contributed by atoms with Crippen LogP contribution in [0.2, 0.25) is 0 Å². The van der Waals surface area contributed by atoms with Gasteiger partial charge in [0.1, 0.15) is 12.4 Å². The number of guanidine groups is 1. The number of carbonyl (C=O) groups is 1. The van der Waals surface area contributed by atoms with Gasteiger partial charge in [0.25, 0.3) is 0 Å². The molecule has 0 bridgehead atoms. The number of benzene rings is 1. The predicted molar refractivity (Wildman–Crippen MR) is 110 cm³/mol. The average molecular weight is 515 g/mol. The summed E-state index contributed by atoms with van der Waals surface area (Å²) in [5.41, 5.74) is -0.802. The summed E-state index contributed by atoms with van der Waals surface area (Å²) in [6.45, 7) is 3.39. The van der Waals surface area contributed by atoms with E-state index < -0.39 is 11.7 Å². The highest BCUT2D eigenvalue weighted by atomic mass is 127. The Balaban J connectivity index is 0.00000392. The largest absolute Gasteiger partial charge is 0.491 e. The number of nitrogens with zero attached hydrogens (tertiary/aromatic N) is 2. The lowest BCUT2D eigenvalue weighted by atomic mass is 9.99. The molecular formula is C18H25F3IN3O3. The smallest absolute Gasteiger partial charge is 0.419 e. The maximum absolute atomic E-state index is 13.0. The van der Waals surface area contributed by atoms with E-state index in [1.54, 1.807) is 7.05 Å². The fourth-order valence-electron chi connectivity index (χ4n) is 3.08. The first kappa shape index (κ1) is 24.3. The minimum atomic E-state index is -4.46. The number of hydrogen-bond donors (Lipinski definition) is 1. The van der Waals surface area contributed by atoms with Crippen LogP contribution in [0.1, 0.15) is 12.5 Å². The van der Waals surface area contributed by atoms with Gasteiger partial charge in [-0.3, -0.25) is 9.79 Å². The molecule has 28 heavy (non-hydrogen) atoms. The number of methoxy groups -OCH3 is 1. The monoisotopic (exact) mass is 515 g/mol. The highest BCUT2D eigenvalue weighted by molar-refractivity contribution is 14.0. The van der Waals surface area contributed by atoms with E-state index in [0.717, 1.165) is 6.07 Å². The van der Waals surface area contributed by atoms with Crippen LogP contribution in [-0.4, -0.2) is 57.2 Å². The van der Waals surface area contributed by atoms with Crippen LogP contribution in [0, 0.1) is 11.8 Å². The van der Waals surface area contributed by atoms with Gasteiger partial charge >= 0.3 is 12.1 Å². The third-order valence-electron chi connectivity index (χ3n) is 4.46. The van der Waals surface area contributed by atoms with Crippen molar-refractivity contribution in [2.24, 2.45) is 16.8 Å². The topological polar surface area (TPSA) is 63.2 Å². The number of esters is 1. The number of alkyl halides is 3. The van der Waals surface area contributed by atoms with Crippen molar-refractivity contribution in [3.8, 4) is 5.75 Å². The van der Waals surface area contributed by atoms with Gasteiger partial charge < -0.3 is 19.7 Å². The number of hydrogen-bond acceptors (Lipinski definition) is 4. The van der Waals surface area contributed by atoms with Crippen molar-refractivity contribution in [3.63, 3.8) is 0 Å². The molecular weight excluding hydrogens is 490 g/mol.